The van der Waals surface area contributed by atoms with Gasteiger partial charge in [-0.2, -0.15) is 5.10 Å². The fourth-order valence-corrected chi connectivity index (χ4v) is 1.78. The molecule has 0 aliphatic rings. The first-order valence-electron chi connectivity index (χ1n) is 4.90. The monoisotopic (exact) mass is 186 g/mol. The number of benzene rings is 1. The van der Waals surface area contributed by atoms with Crippen LogP contribution in [0.3, 0.4) is 0 Å². The van der Waals surface area contributed by atoms with E-state index in [9.17, 15) is 0 Å². The second-order valence-electron chi connectivity index (χ2n) is 3.43. The Morgan fingerprint density at radius 1 is 1.36 bits per heavy atom. The van der Waals surface area contributed by atoms with Crippen molar-refractivity contribution in [3.8, 4) is 11.1 Å². The van der Waals surface area contributed by atoms with Crippen molar-refractivity contribution < 1.29 is 0 Å². The second-order valence-corrected chi connectivity index (χ2v) is 3.43. The van der Waals surface area contributed by atoms with Crippen LogP contribution in [0.4, 0.5) is 0 Å². The van der Waals surface area contributed by atoms with Gasteiger partial charge in [-0.1, -0.05) is 25.1 Å². The van der Waals surface area contributed by atoms with Gasteiger partial charge < -0.3 is 0 Å². The predicted molar refractivity (Wildman–Crippen MR) is 58.1 cm³/mol. The molecule has 0 spiro atoms. The van der Waals surface area contributed by atoms with Gasteiger partial charge >= 0.3 is 0 Å². The SMILES string of the molecule is CCc1cccc(-c2cn[nH]c2)c1C. The van der Waals surface area contributed by atoms with Gasteiger partial charge in [0.25, 0.3) is 0 Å². The lowest BCUT2D eigenvalue weighted by atomic mass is 9.97. The van der Waals surface area contributed by atoms with E-state index >= 15 is 0 Å². The molecule has 1 aromatic heterocycles. The van der Waals surface area contributed by atoms with Crippen molar-refractivity contribution in [1.29, 1.82) is 0 Å². The predicted octanol–water partition coefficient (Wildman–Crippen LogP) is 2.95. The highest BCUT2D eigenvalue weighted by Crippen LogP contribution is 2.24. The Morgan fingerprint density at radius 3 is 2.86 bits per heavy atom. The van der Waals surface area contributed by atoms with Gasteiger partial charge in [-0.3, -0.25) is 5.10 Å². The molecule has 0 aliphatic heterocycles. The number of nitrogens with zero attached hydrogens (tertiary/aromatic N) is 1. The minimum atomic E-state index is 1.08. The van der Waals surface area contributed by atoms with E-state index in [4.69, 9.17) is 0 Å². The molecule has 0 aliphatic carbocycles. The summed E-state index contributed by atoms with van der Waals surface area (Å²) < 4.78 is 0. The maximum atomic E-state index is 3.97. The third kappa shape index (κ3) is 1.43. The van der Waals surface area contributed by atoms with E-state index in [2.05, 4.69) is 42.2 Å². The number of hydrogen-bond donors (Lipinski definition) is 1. The van der Waals surface area contributed by atoms with Gasteiger partial charge in [0.05, 0.1) is 6.20 Å². The highest BCUT2D eigenvalue weighted by molar-refractivity contribution is 5.67. The molecule has 2 aromatic rings. The van der Waals surface area contributed by atoms with Crippen molar-refractivity contribution in [1.82, 2.24) is 10.2 Å². The molecule has 1 aromatic carbocycles. The zero-order chi connectivity index (χ0) is 9.97. The quantitative estimate of drug-likeness (QED) is 0.767. The number of hydrogen-bond acceptors (Lipinski definition) is 1. The van der Waals surface area contributed by atoms with Crippen LogP contribution in [-0.4, -0.2) is 10.2 Å². The van der Waals surface area contributed by atoms with Crippen LogP contribution in [0.25, 0.3) is 11.1 Å². The smallest absolute Gasteiger partial charge is 0.0565 e. The third-order valence-corrected chi connectivity index (χ3v) is 2.64. The molecule has 0 radical (unpaired) electrons. The van der Waals surface area contributed by atoms with Crippen molar-refractivity contribution in [2.45, 2.75) is 20.3 Å². The maximum Gasteiger partial charge on any atom is 0.0565 e. The van der Waals surface area contributed by atoms with E-state index in [1.807, 2.05) is 12.4 Å². The average Bonchev–Trinajstić information content (AvgIpc) is 2.71. The minimum Gasteiger partial charge on any atom is -0.285 e. The Kier molecular flexibility index (Phi) is 2.35. The maximum absolute atomic E-state index is 3.97. The third-order valence-electron chi connectivity index (χ3n) is 2.64. The highest BCUT2D eigenvalue weighted by Gasteiger charge is 2.04. The molecule has 0 atom stereocenters. The van der Waals surface area contributed by atoms with Crippen LogP contribution in [0, 0.1) is 6.92 Å². The van der Waals surface area contributed by atoms with Crippen LogP contribution in [-0.2, 0) is 6.42 Å². The largest absolute Gasteiger partial charge is 0.285 e. The van der Waals surface area contributed by atoms with Gasteiger partial charge in [-0.25, -0.2) is 0 Å². The summed E-state index contributed by atoms with van der Waals surface area (Å²) in [5.74, 6) is 0. The number of aromatic nitrogens is 2. The Bertz CT molecular complexity index is 416. The molecule has 72 valence electrons. The zero-order valence-electron chi connectivity index (χ0n) is 8.54. The molecule has 2 rings (SSSR count). The lowest BCUT2D eigenvalue weighted by molar-refractivity contribution is 1.09. The number of H-pyrrole nitrogens is 1. The fraction of sp³-hybridized carbons (Fsp3) is 0.250. The Hall–Kier alpha value is -1.57. The number of nitrogens with one attached hydrogen (secondary N) is 1. The number of rotatable bonds is 2. The standard InChI is InChI=1S/C12H14N2/c1-3-10-5-4-6-12(9(10)2)11-7-13-14-8-11/h4-8H,3H2,1-2H3,(H,13,14). The first-order chi connectivity index (χ1) is 6.83. The average molecular weight is 186 g/mol. The molecule has 1 heterocycles. The molecule has 0 amide bonds. The van der Waals surface area contributed by atoms with Gasteiger partial charge in [0, 0.05) is 11.8 Å². The molecule has 0 saturated carbocycles. The summed E-state index contributed by atoms with van der Waals surface area (Å²) in [6, 6.07) is 6.42. The first-order valence-corrected chi connectivity index (χ1v) is 4.90. The van der Waals surface area contributed by atoms with Crippen LogP contribution < -0.4 is 0 Å². The van der Waals surface area contributed by atoms with Crippen molar-refractivity contribution >= 4 is 0 Å². The summed E-state index contributed by atoms with van der Waals surface area (Å²) >= 11 is 0. The van der Waals surface area contributed by atoms with Crippen LogP contribution in [0.15, 0.2) is 30.6 Å². The molecule has 0 bridgehead atoms. The van der Waals surface area contributed by atoms with Crippen molar-refractivity contribution in [3.05, 3.63) is 41.7 Å². The van der Waals surface area contributed by atoms with Gasteiger partial charge in [-0.05, 0) is 30.0 Å². The Morgan fingerprint density at radius 2 is 2.21 bits per heavy atom. The summed E-state index contributed by atoms with van der Waals surface area (Å²) in [6.45, 7) is 4.35. The summed E-state index contributed by atoms with van der Waals surface area (Å²) in [6.07, 6.45) is 4.88. The summed E-state index contributed by atoms with van der Waals surface area (Å²) in [4.78, 5) is 0. The molecular formula is C12H14N2. The topological polar surface area (TPSA) is 28.7 Å². The molecule has 2 nitrogen and oxygen atoms in total. The van der Waals surface area contributed by atoms with Gasteiger partial charge in [0.15, 0.2) is 0 Å². The van der Waals surface area contributed by atoms with E-state index in [0.29, 0.717) is 0 Å². The van der Waals surface area contributed by atoms with Crippen LogP contribution in [0.2, 0.25) is 0 Å². The lowest BCUT2D eigenvalue weighted by Gasteiger charge is -2.07. The lowest BCUT2D eigenvalue weighted by Crippen LogP contribution is -1.89. The molecule has 0 fully saturated rings. The van der Waals surface area contributed by atoms with Crippen molar-refractivity contribution in [2.75, 3.05) is 0 Å². The second kappa shape index (κ2) is 3.66. The first kappa shape index (κ1) is 9.00. The van der Waals surface area contributed by atoms with E-state index in [1.165, 1.54) is 16.7 Å². The van der Waals surface area contributed by atoms with Gasteiger partial charge in [0.2, 0.25) is 0 Å². The van der Waals surface area contributed by atoms with E-state index in [1.54, 1.807) is 0 Å². The van der Waals surface area contributed by atoms with Crippen molar-refractivity contribution in [2.24, 2.45) is 0 Å². The van der Waals surface area contributed by atoms with Crippen LogP contribution >= 0.6 is 0 Å². The Balaban J connectivity index is 2.54. The highest BCUT2D eigenvalue weighted by atomic mass is 15.1. The molecule has 0 saturated heterocycles. The number of aromatic amines is 1. The van der Waals surface area contributed by atoms with Crippen LogP contribution in [0.5, 0.6) is 0 Å². The van der Waals surface area contributed by atoms with Gasteiger partial charge in [-0.15, -0.1) is 0 Å². The summed E-state index contributed by atoms with van der Waals surface area (Å²) in [7, 11) is 0. The number of aryl methyl sites for hydroxylation is 1. The summed E-state index contributed by atoms with van der Waals surface area (Å²) in [5.41, 5.74) is 5.20. The van der Waals surface area contributed by atoms with Crippen molar-refractivity contribution in [3.63, 3.8) is 0 Å². The van der Waals surface area contributed by atoms with Gasteiger partial charge in [0.1, 0.15) is 0 Å². The normalized spacial score (nSPS) is 10.4. The zero-order valence-corrected chi connectivity index (χ0v) is 8.54. The van der Waals surface area contributed by atoms with E-state index in [0.717, 1.165) is 12.0 Å². The van der Waals surface area contributed by atoms with E-state index < -0.39 is 0 Å². The molecule has 1 N–H and O–H groups in total. The molecular weight excluding hydrogens is 172 g/mol. The van der Waals surface area contributed by atoms with E-state index in [-0.39, 0.29) is 0 Å². The molecule has 2 heteroatoms. The summed E-state index contributed by atoms with van der Waals surface area (Å²) in [5, 5.41) is 6.81. The minimum absolute atomic E-state index is 1.08. The Labute approximate surface area is 84.0 Å². The molecule has 14 heavy (non-hydrogen) atoms. The molecule has 0 unspecified atom stereocenters. The van der Waals surface area contributed by atoms with Crippen LogP contribution in [0.1, 0.15) is 18.1 Å². The fourth-order valence-electron chi connectivity index (χ4n) is 1.78.